The number of hydrogen-bond acceptors (Lipinski definition) is 3. The first-order valence-corrected chi connectivity index (χ1v) is 9.84. The molecule has 1 fully saturated rings. The SMILES string of the molecule is CS(=O)(=O)CCNC(=O)N1CCC(Cc2cccc(F)c2)CC1. The average molecular weight is 342 g/mol. The van der Waals surface area contributed by atoms with E-state index in [1.807, 2.05) is 6.07 Å². The van der Waals surface area contributed by atoms with Crippen molar-refractivity contribution < 1.29 is 17.6 Å². The van der Waals surface area contributed by atoms with Crippen LogP contribution in [0.2, 0.25) is 0 Å². The molecule has 0 saturated carbocycles. The van der Waals surface area contributed by atoms with Crippen molar-refractivity contribution in [3.05, 3.63) is 35.6 Å². The number of halogens is 1. The summed E-state index contributed by atoms with van der Waals surface area (Å²) in [6.07, 6.45) is 3.71. The summed E-state index contributed by atoms with van der Waals surface area (Å²) >= 11 is 0. The first-order chi connectivity index (χ1) is 10.8. The summed E-state index contributed by atoms with van der Waals surface area (Å²) < 4.78 is 35.3. The number of piperidine rings is 1. The van der Waals surface area contributed by atoms with E-state index < -0.39 is 9.84 Å². The van der Waals surface area contributed by atoms with Gasteiger partial charge in [-0.25, -0.2) is 17.6 Å². The molecule has 2 rings (SSSR count). The van der Waals surface area contributed by atoms with Gasteiger partial charge in [-0.2, -0.15) is 0 Å². The number of rotatable bonds is 5. The molecule has 2 amide bonds. The molecular formula is C16H23FN2O3S. The van der Waals surface area contributed by atoms with Crippen LogP contribution in [0.5, 0.6) is 0 Å². The van der Waals surface area contributed by atoms with Crippen molar-refractivity contribution in [2.24, 2.45) is 5.92 Å². The first kappa shape index (κ1) is 17.7. The molecule has 1 N–H and O–H groups in total. The molecule has 1 saturated heterocycles. The summed E-state index contributed by atoms with van der Waals surface area (Å²) in [5, 5.41) is 2.64. The number of benzene rings is 1. The smallest absolute Gasteiger partial charge is 0.317 e. The molecule has 1 aromatic carbocycles. The molecule has 0 radical (unpaired) electrons. The Morgan fingerprint density at radius 2 is 2.04 bits per heavy atom. The Labute approximate surface area is 136 Å². The number of likely N-dealkylation sites (tertiary alicyclic amines) is 1. The second-order valence-electron chi connectivity index (χ2n) is 6.13. The third kappa shape index (κ3) is 6.17. The number of amides is 2. The third-order valence-electron chi connectivity index (χ3n) is 4.06. The second-order valence-corrected chi connectivity index (χ2v) is 8.39. The molecule has 1 aliphatic heterocycles. The van der Waals surface area contributed by atoms with E-state index >= 15 is 0 Å². The summed E-state index contributed by atoms with van der Waals surface area (Å²) in [6.45, 7) is 1.43. The van der Waals surface area contributed by atoms with Crippen LogP contribution in [0.3, 0.4) is 0 Å². The molecule has 0 aliphatic carbocycles. The number of hydrogen-bond donors (Lipinski definition) is 1. The van der Waals surface area contributed by atoms with E-state index in [1.165, 1.54) is 6.07 Å². The van der Waals surface area contributed by atoms with Gasteiger partial charge in [0.05, 0.1) is 5.75 Å². The highest BCUT2D eigenvalue weighted by molar-refractivity contribution is 7.90. The van der Waals surface area contributed by atoms with Crippen molar-refractivity contribution in [3.63, 3.8) is 0 Å². The highest BCUT2D eigenvalue weighted by Crippen LogP contribution is 2.22. The van der Waals surface area contributed by atoms with Crippen molar-refractivity contribution in [1.29, 1.82) is 0 Å². The van der Waals surface area contributed by atoms with Gasteiger partial charge in [0.2, 0.25) is 0 Å². The highest BCUT2D eigenvalue weighted by Gasteiger charge is 2.23. The van der Waals surface area contributed by atoms with Gasteiger partial charge in [0.25, 0.3) is 0 Å². The summed E-state index contributed by atoms with van der Waals surface area (Å²) in [7, 11) is -3.06. The quantitative estimate of drug-likeness (QED) is 0.888. The molecule has 0 aromatic heterocycles. The molecule has 0 atom stereocenters. The van der Waals surface area contributed by atoms with Gasteiger partial charge in [0, 0.05) is 25.9 Å². The Morgan fingerprint density at radius 3 is 2.65 bits per heavy atom. The fourth-order valence-electron chi connectivity index (χ4n) is 2.79. The molecule has 1 aliphatic rings. The number of nitrogens with one attached hydrogen (secondary N) is 1. The maximum Gasteiger partial charge on any atom is 0.317 e. The lowest BCUT2D eigenvalue weighted by molar-refractivity contribution is 0.171. The first-order valence-electron chi connectivity index (χ1n) is 7.78. The van der Waals surface area contributed by atoms with Gasteiger partial charge in [0.1, 0.15) is 15.7 Å². The third-order valence-corrected chi connectivity index (χ3v) is 5.01. The minimum atomic E-state index is -3.06. The Kier molecular flexibility index (Phi) is 5.98. The molecule has 7 heteroatoms. The van der Waals surface area contributed by atoms with Crippen LogP contribution in [0.15, 0.2) is 24.3 Å². The van der Waals surface area contributed by atoms with E-state index in [0.717, 1.165) is 31.1 Å². The zero-order valence-corrected chi connectivity index (χ0v) is 14.1. The predicted molar refractivity (Wildman–Crippen MR) is 87.5 cm³/mol. The fraction of sp³-hybridized carbons (Fsp3) is 0.562. The van der Waals surface area contributed by atoms with E-state index in [2.05, 4.69) is 5.32 Å². The number of nitrogens with zero attached hydrogens (tertiary/aromatic N) is 1. The van der Waals surface area contributed by atoms with Gasteiger partial charge >= 0.3 is 6.03 Å². The van der Waals surface area contributed by atoms with Crippen molar-refractivity contribution >= 4 is 15.9 Å². The summed E-state index contributed by atoms with van der Waals surface area (Å²) in [5.74, 6) is 0.177. The Hall–Kier alpha value is -1.63. The maximum absolute atomic E-state index is 13.2. The number of sulfone groups is 1. The van der Waals surface area contributed by atoms with Gasteiger partial charge < -0.3 is 10.2 Å². The van der Waals surface area contributed by atoms with Crippen LogP contribution >= 0.6 is 0 Å². The minimum absolute atomic E-state index is 0.0468. The van der Waals surface area contributed by atoms with Crippen LogP contribution in [0.25, 0.3) is 0 Å². The molecular weight excluding hydrogens is 319 g/mol. The monoisotopic (exact) mass is 342 g/mol. The lowest BCUT2D eigenvalue weighted by atomic mass is 9.90. The van der Waals surface area contributed by atoms with Crippen molar-refractivity contribution in [3.8, 4) is 0 Å². The lowest BCUT2D eigenvalue weighted by Crippen LogP contribution is -2.45. The highest BCUT2D eigenvalue weighted by atomic mass is 32.2. The van der Waals surface area contributed by atoms with Crippen LogP contribution in [-0.4, -0.2) is 51.0 Å². The number of carbonyl (C=O) groups excluding carboxylic acids is 1. The normalized spacial score (nSPS) is 16.3. The van der Waals surface area contributed by atoms with Crippen LogP contribution in [0.4, 0.5) is 9.18 Å². The maximum atomic E-state index is 13.2. The van der Waals surface area contributed by atoms with Crippen LogP contribution in [-0.2, 0) is 16.3 Å². The van der Waals surface area contributed by atoms with Crippen LogP contribution in [0, 0.1) is 11.7 Å². The van der Waals surface area contributed by atoms with Crippen molar-refractivity contribution in [2.45, 2.75) is 19.3 Å². The van der Waals surface area contributed by atoms with Crippen molar-refractivity contribution in [2.75, 3.05) is 31.6 Å². The lowest BCUT2D eigenvalue weighted by Gasteiger charge is -2.32. The van der Waals surface area contributed by atoms with Gasteiger partial charge in [-0.15, -0.1) is 0 Å². The summed E-state index contributed by atoms with van der Waals surface area (Å²) in [5.41, 5.74) is 0.987. The van der Waals surface area contributed by atoms with Crippen molar-refractivity contribution in [1.82, 2.24) is 10.2 Å². The van der Waals surface area contributed by atoms with Crippen LogP contribution < -0.4 is 5.32 Å². The molecule has 1 aromatic rings. The standard InChI is InChI=1S/C16H23FN2O3S/c1-23(21,22)10-7-18-16(20)19-8-5-13(6-9-19)11-14-3-2-4-15(17)12-14/h2-4,12-13H,5-11H2,1H3,(H,18,20). The molecule has 0 unspecified atom stereocenters. The summed E-state index contributed by atoms with van der Waals surface area (Å²) in [6, 6.07) is 6.43. The zero-order valence-electron chi connectivity index (χ0n) is 13.3. The number of urea groups is 1. The van der Waals surface area contributed by atoms with Gasteiger partial charge in [0.15, 0.2) is 0 Å². The molecule has 0 spiro atoms. The number of carbonyl (C=O) groups is 1. The van der Waals surface area contributed by atoms with E-state index in [-0.39, 0.29) is 24.1 Å². The Balaban J connectivity index is 1.74. The van der Waals surface area contributed by atoms with E-state index in [0.29, 0.717) is 19.0 Å². The Morgan fingerprint density at radius 1 is 1.35 bits per heavy atom. The van der Waals surface area contributed by atoms with Gasteiger partial charge in [-0.1, -0.05) is 12.1 Å². The largest absolute Gasteiger partial charge is 0.337 e. The van der Waals surface area contributed by atoms with E-state index in [4.69, 9.17) is 0 Å². The fourth-order valence-corrected chi connectivity index (χ4v) is 3.27. The van der Waals surface area contributed by atoms with Crippen LogP contribution in [0.1, 0.15) is 18.4 Å². The topological polar surface area (TPSA) is 66.5 Å². The predicted octanol–water partition coefficient (Wildman–Crippen LogP) is 1.83. The molecule has 0 bridgehead atoms. The van der Waals surface area contributed by atoms with Gasteiger partial charge in [-0.3, -0.25) is 0 Å². The zero-order chi connectivity index (χ0) is 16.9. The van der Waals surface area contributed by atoms with E-state index in [9.17, 15) is 17.6 Å². The summed E-state index contributed by atoms with van der Waals surface area (Å²) in [4.78, 5) is 13.7. The second kappa shape index (κ2) is 7.77. The molecule has 5 nitrogen and oxygen atoms in total. The Bertz CT molecular complexity index is 640. The molecule has 1 heterocycles. The van der Waals surface area contributed by atoms with Gasteiger partial charge in [-0.05, 0) is 42.9 Å². The average Bonchev–Trinajstić information content (AvgIpc) is 2.46. The minimum Gasteiger partial charge on any atom is -0.337 e. The molecule has 128 valence electrons. The van der Waals surface area contributed by atoms with E-state index in [1.54, 1.807) is 17.0 Å². The molecule has 23 heavy (non-hydrogen) atoms.